The molecule has 1 saturated heterocycles. The summed E-state index contributed by atoms with van der Waals surface area (Å²) in [5.74, 6) is -1.21. The molecule has 0 aliphatic carbocycles. The van der Waals surface area contributed by atoms with Crippen LogP contribution in [0.1, 0.15) is 34.4 Å². The van der Waals surface area contributed by atoms with E-state index in [0.717, 1.165) is 10.5 Å². The zero-order chi connectivity index (χ0) is 27.9. The molecule has 0 atom stereocenters. The van der Waals surface area contributed by atoms with E-state index in [0.29, 0.717) is 17.2 Å². The molecule has 1 aliphatic heterocycles. The van der Waals surface area contributed by atoms with Gasteiger partial charge in [0.1, 0.15) is 11.5 Å². The Morgan fingerprint density at radius 1 is 1.03 bits per heavy atom. The topological polar surface area (TPSA) is 124 Å². The number of amides is 3. The van der Waals surface area contributed by atoms with E-state index in [-0.39, 0.29) is 35.3 Å². The molecule has 0 spiro atoms. The molecule has 10 nitrogen and oxygen atoms in total. The predicted octanol–water partition coefficient (Wildman–Crippen LogP) is 4.83. The quantitative estimate of drug-likeness (QED) is 0.174. The molecule has 0 unspecified atom stereocenters. The summed E-state index contributed by atoms with van der Waals surface area (Å²) in [6.45, 7) is 1.89. The van der Waals surface area contributed by atoms with Gasteiger partial charge in [-0.05, 0) is 66.6 Å². The van der Waals surface area contributed by atoms with Crippen LogP contribution in [0.2, 0.25) is 5.02 Å². The number of benzene rings is 2. The van der Waals surface area contributed by atoms with Gasteiger partial charge in [-0.1, -0.05) is 29.8 Å². The van der Waals surface area contributed by atoms with Gasteiger partial charge in [0.25, 0.3) is 5.91 Å². The number of nitrogens with one attached hydrogen (secondary N) is 1. The first-order chi connectivity index (χ1) is 18.8. The molecule has 1 N–H and O–H groups in total. The van der Waals surface area contributed by atoms with Crippen LogP contribution in [0.15, 0.2) is 70.8 Å². The van der Waals surface area contributed by atoms with Gasteiger partial charge in [-0.15, -0.1) is 0 Å². The summed E-state index contributed by atoms with van der Waals surface area (Å²) in [6.07, 6.45) is 4.34. The lowest BCUT2D eigenvalue weighted by molar-refractivity contribution is -0.129. The van der Waals surface area contributed by atoms with Gasteiger partial charge in [0.05, 0.1) is 20.3 Å². The number of furan rings is 1. The highest BCUT2D eigenvalue weighted by Gasteiger charge is 2.34. The molecule has 2 aromatic carbocycles. The molecule has 1 fully saturated rings. The number of urea groups is 1. The molecule has 3 amide bonds. The number of halogens is 1. The SMILES string of the molecule is CCOc1cc(/C=C2\NC(=O)N(Cc3ccc(C(=O)OC)o3)C2=O)ccc1OC(=O)/C=C/c1ccc(Cl)cc1. The second-order valence-corrected chi connectivity index (χ2v) is 8.52. The fourth-order valence-electron chi connectivity index (χ4n) is 3.56. The normalized spacial score (nSPS) is 14.1. The monoisotopic (exact) mass is 550 g/mol. The molecular weight excluding hydrogens is 528 g/mol. The number of esters is 2. The Bertz CT molecular complexity index is 1470. The zero-order valence-electron chi connectivity index (χ0n) is 20.9. The van der Waals surface area contributed by atoms with Gasteiger partial charge in [-0.25, -0.2) is 14.4 Å². The third-order valence-corrected chi connectivity index (χ3v) is 5.65. The Morgan fingerprint density at radius 2 is 1.77 bits per heavy atom. The van der Waals surface area contributed by atoms with E-state index in [9.17, 15) is 19.2 Å². The van der Waals surface area contributed by atoms with Crippen molar-refractivity contribution in [1.29, 1.82) is 0 Å². The average molecular weight is 551 g/mol. The Morgan fingerprint density at radius 3 is 2.49 bits per heavy atom. The molecule has 3 aromatic rings. The fraction of sp³-hybridized carbons (Fsp3) is 0.143. The van der Waals surface area contributed by atoms with Crippen LogP contribution in [-0.4, -0.2) is 42.5 Å². The molecule has 0 bridgehead atoms. The van der Waals surface area contributed by atoms with Crippen molar-refractivity contribution in [3.05, 3.63) is 94.0 Å². The van der Waals surface area contributed by atoms with E-state index in [1.807, 2.05) is 0 Å². The predicted molar refractivity (Wildman–Crippen MR) is 141 cm³/mol. The highest BCUT2D eigenvalue weighted by atomic mass is 35.5. The van der Waals surface area contributed by atoms with Gasteiger partial charge in [0, 0.05) is 11.1 Å². The average Bonchev–Trinajstić information content (AvgIpc) is 3.50. The molecule has 200 valence electrons. The largest absolute Gasteiger partial charge is 0.490 e. The first-order valence-corrected chi connectivity index (χ1v) is 12.1. The van der Waals surface area contributed by atoms with Gasteiger partial charge in [0.15, 0.2) is 11.5 Å². The van der Waals surface area contributed by atoms with E-state index in [1.165, 1.54) is 37.5 Å². The number of methoxy groups -OCH3 is 1. The van der Waals surface area contributed by atoms with Gasteiger partial charge in [0.2, 0.25) is 5.76 Å². The minimum atomic E-state index is -0.671. The van der Waals surface area contributed by atoms with Crippen molar-refractivity contribution in [3.63, 3.8) is 0 Å². The number of carbonyl (C=O) groups excluding carboxylic acids is 4. The van der Waals surface area contributed by atoms with Crippen molar-refractivity contribution in [2.24, 2.45) is 0 Å². The van der Waals surface area contributed by atoms with Crippen LogP contribution >= 0.6 is 11.6 Å². The lowest BCUT2D eigenvalue weighted by Gasteiger charge is -2.11. The van der Waals surface area contributed by atoms with Crippen LogP contribution in [-0.2, 0) is 20.9 Å². The van der Waals surface area contributed by atoms with Crippen LogP contribution in [0.3, 0.4) is 0 Å². The summed E-state index contributed by atoms with van der Waals surface area (Å²) in [4.78, 5) is 50.2. The Labute approximate surface area is 228 Å². The molecule has 1 aromatic heterocycles. The van der Waals surface area contributed by atoms with Crippen LogP contribution < -0.4 is 14.8 Å². The minimum Gasteiger partial charge on any atom is -0.490 e. The third-order valence-electron chi connectivity index (χ3n) is 5.40. The Balaban J connectivity index is 1.46. The smallest absolute Gasteiger partial charge is 0.373 e. The van der Waals surface area contributed by atoms with Gasteiger partial charge in [-0.2, -0.15) is 0 Å². The number of imide groups is 1. The number of nitrogens with zero attached hydrogens (tertiary/aromatic N) is 1. The van der Waals surface area contributed by atoms with Crippen molar-refractivity contribution < 1.29 is 37.8 Å². The van der Waals surface area contributed by atoms with Crippen molar-refractivity contribution in [2.75, 3.05) is 13.7 Å². The van der Waals surface area contributed by atoms with Crippen molar-refractivity contribution >= 4 is 47.6 Å². The summed E-state index contributed by atoms with van der Waals surface area (Å²) in [5, 5.41) is 3.11. The van der Waals surface area contributed by atoms with Crippen LogP contribution in [0.5, 0.6) is 11.5 Å². The second kappa shape index (κ2) is 12.1. The van der Waals surface area contributed by atoms with E-state index in [4.69, 9.17) is 25.5 Å². The minimum absolute atomic E-state index is 0.0258. The summed E-state index contributed by atoms with van der Waals surface area (Å²) in [7, 11) is 1.21. The molecule has 0 saturated carbocycles. The standard InChI is InChI=1S/C28H23ClN2O8/c1-3-37-24-15-18(6-11-22(24)39-25(32)13-7-17-4-8-19(29)9-5-17)14-21-26(33)31(28(35)30-21)16-20-10-12-23(38-20)27(34)36-2/h4-15H,3,16H2,1-2H3,(H,30,35)/b13-7+,21-14-. The van der Waals surface area contributed by atoms with E-state index in [1.54, 1.807) is 49.4 Å². The highest BCUT2D eigenvalue weighted by molar-refractivity contribution is 6.30. The van der Waals surface area contributed by atoms with Crippen LogP contribution in [0, 0.1) is 0 Å². The Hall–Kier alpha value is -4.83. The van der Waals surface area contributed by atoms with Crippen molar-refractivity contribution in [3.8, 4) is 11.5 Å². The van der Waals surface area contributed by atoms with Crippen LogP contribution in [0.4, 0.5) is 4.79 Å². The summed E-state index contributed by atoms with van der Waals surface area (Å²) < 4.78 is 21.0. The molecule has 39 heavy (non-hydrogen) atoms. The molecular formula is C28H23ClN2O8. The van der Waals surface area contributed by atoms with Gasteiger partial charge >= 0.3 is 18.0 Å². The lowest BCUT2D eigenvalue weighted by Crippen LogP contribution is -2.30. The Kier molecular flexibility index (Phi) is 8.47. The summed E-state index contributed by atoms with van der Waals surface area (Å²) in [5.41, 5.74) is 1.32. The number of carbonyl (C=O) groups is 4. The maximum Gasteiger partial charge on any atom is 0.373 e. The lowest BCUT2D eigenvalue weighted by atomic mass is 10.1. The van der Waals surface area contributed by atoms with Gasteiger partial charge in [-0.3, -0.25) is 9.69 Å². The fourth-order valence-corrected chi connectivity index (χ4v) is 3.68. The zero-order valence-corrected chi connectivity index (χ0v) is 21.7. The second-order valence-electron chi connectivity index (χ2n) is 8.08. The first kappa shape index (κ1) is 27.2. The first-order valence-electron chi connectivity index (χ1n) is 11.7. The molecule has 4 rings (SSSR count). The van der Waals surface area contributed by atoms with E-state index < -0.39 is 23.9 Å². The molecule has 0 radical (unpaired) electrons. The highest BCUT2D eigenvalue weighted by Crippen LogP contribution is 2.30. The third kappa shape index (κ3) is 6.74. The maximum absolute atomic E-state index is 12.9. The van der Waals surface area contributed by atoms with Crippen molar-refractivity contribution in [2.45, 2.75) is 13.5 Å². The summed E-state index contributed by atoms with van der Waals surface area (Å²) >= 11 is 5.87. The van der Waals surface area contributed by atoms with E-state index >= 15 is 0 Å². The van der Waals surface area contributed by atoms with Crippen molar-refractivity contribution in [1.82, 2.24) is 10.2 Å². The maximum atomic E-state index is 12.9. The van der Waals surface area contributed by atoms with Crippen LogP contribution in [0.25, 0.3) is 12.2 Å². The van der Waals surface area contributed by atoms with Gasteiger partial charge < -0.3 is 23.9 Å². The van der Waals surface area contributed by atoms with E-state index in [2.05, 4.69) is 10.1 Å². The number of hydrogen-bond acceptors (Lipinski definition) is 8. The molecule has 2 heterocycles. The summed E-state index contributed by atoms with van der Waals surface area (Å²) in [6, 6.07) is 13.9. The number of rotatable bonds is 9. The molecule has 1 aliphatic rings. The molecule has 11 heteroatoms. The number of ether oxygens (including phenoxy) is 3. The number of hydrogen-bond donors (Lipinski definition) is 1.